The fourth-order valence-corrected chi connectivity index (χ4v) is 3.95. The number of nitrogens with zero attached hydrogens (tertiary/aromatic N) is 3. The minimum absolute atomic E-state index is 0.659. The van der Waals surface area contributed by atoms with Gasteiger partial charge in [-0.05, 0) is 56.5 Å². The van der Waals surface area contributed by atoms with E-state index in [0.717, 1.165) is 39.4 Å². The molecule has 0 saturated heterocycles. The maximum absolute atomic E-state index is 5.00. The maximum Gasteiger partial charge on any atom is 0.134 e. The summed E-state index contributed by atoms with van der Waals surface area (Å²) < 4.78 is 0. The van der Waals surface area contributed by atoms with Crippen molar-refractivity contribution in [3.05, 3.63) is 114 Å². The van der Waals surface area contributed by atoms with Crippen LogP contribution >= 0.6 is 0 Å². The predicted molar refractivity (Wildman–Crippen MR) is 140 cm³/mol. The number of hydrogen-bond acceptors (Lipinski definition) is 3. The normalized spacial score (nSPS) is 12.3. The molecule has 0 aliphatic carbocycles. The van der Waals surface area contributed by atoms with Crippen LogP contribution < -0.4 is 0 Å². The number of aromatic nitrogens is 2. The molecule has 3 heteroatoms. The second-order valence-corrected chi connectivity index (χ2v) is 8.20. The van der Waals surface area contributed by atoms with Crippen molar-refractivity contribution in [1.82, 2.24) is 9.97 Å². The summed E-state index contributed by atoms with van der Waals surface area (Å²) in [6.45, 7) is 8.29. The first-order valence-electron chi connectivity index (χ1n) is 11.3. The first kappa shape index (κ1) is 22.3. The Kier molecular flexibility index (Phi) is 6.89. The lowest BCUT2D eigenvalue weighted by Crippen LogP contribution is -2.02. The lowest BCUT2D eigenvalue weighted by atomic mass is 9.99. The van der Waals surface area contributed by atoms with Crippen LogP contribution in [0.2, 0.25) is 0 Å². The fraction of sp³-hybridized carbons (Fsp3) is 0.167. The SMILES string of the molecule is C/C=C\C=C/C(C)=Nc1c(C)ccc(Cc2nc(-c3ccccc3)c3ccccc3n2)c1C. The molecule has 3 aromatic carbocycles. The van der Waals surface area contributed by atoms with E-state index >= 15 is 0 Å². The molecule has 0 aliphatic rings. The number of para-hydroxylation sites is 1. The van der Waals surface area contributed by atoms with Crippen LogP contribution in [0.3, 0.4) is 0 Å². The van der Waals surface area contributed by atoms with E-state index < -0.39 is 0 Å². The third-order valence-corrected chi connectivity index (χ3v) is 5.72. The molecular weight excluding hydrogens is 402 g/mol. The Balaban J connectivity index is 1.76. The molecule has 4 rings (SSSR count). The lowest BCUT2D eigenvalue weighted by molar-refractivity contribution is 0.985. The van der Waals surface area contributed by atoms with E-state index in [4.69, 9.17) is 15.0 Å². The van der Waals surface area contributed by atoms with Crippen LogP contribution in [0.5, 0.6) is 0 Å². The zero-order valence-electron chi connectivity index (χ0n) is 19.7. The predicted octanol–water partition coefficient (Wildman–Crippen LogP) is 7.73. The fourth-order valence-electron chi connectivity index (χ4n) is 3.95. The van der Waals surface area contributed by atoms with Gasteiger partial charge in [0, 0.05) is 23.1 Å². The van der Waals surface area contributed by atoms with E-state index in [-0.39, 0.29) is 0 Å². The molecule has 0 bridgehead atoms. The number of aryl methyl sites for hydroxylation is 1. The van der Waals surface area contributed by atoms with Crippen molar-refractivity contribution < 1.29 is 0 Å². The molecule has 0 unspecified atom stereocenters. The molecule has 164 valence electrons. The molecule has 33 heavy (non-hydrogen) atoms. The average molecular weight is 432 g/mol. The summed E-state index contributed by atoms with van der Waals surface area (Å²) in [7, 11) is 0. The molecule has 4 aromatic rings. The first-order chi connectivity index (χ1) is 16.1. The van der Waals surface area contributed by atoms with Crippen LogP contribution in [0, 0.1) is 13.8 Å². The summed E-state index contributed by atoms with van der Waals surface area (Å²) in [5.74, 6) is 0.819. The average Bonchev–Trinajstić information content (AvgIpc) is 2.84. The number of benzene rings is 3. The van der Waals surface area contributed by atoms with Crippen molar-refractivity contribution >= 4 is 22.3 Å². The second kappa shape index (κ2) is 10.2. The molecule has 1 heterocycles. The highest BCUT2D eigenvalue weighted by atomic mass is 14.9. The van der Waals surface area contributed by atoms with Gasteiger partial charge in [0.1, 0.15) is 5.82 Å². The minimum Gasteiger partial charge on any atom is -0.253 e. The number of hydrogen-bond donors (Lipinski definition) is 0. The highest BCUT2D eigenvalue weighted by Crippen LogP contribution is 2.30. The van der Waals surface area contributed by atoms with Crippen LogP contribution in [0.1, 0.15) is 36.4 Å². The zero-order valence-corrected chi connectivity index (χ0v) is 19.7. The number of rotatable bonds is 6. The Morgan fingerprint density at radius 2 is 1.64 bits per heavy atom. The summed E-state index contributed by atoms with van der Waals surface area (Å²) in [4.78, 5) is 14.8. The van der Waals surface area contributed by atoms with Crippen molar-refractivity contribution in [1.29, 1.82) is 0 Å². The molecule has 1 aromatic heterocycles. The molecule has 0 amide bonds. The van der Waals surface area contributed by atoms with Crippen molar-refractivity contribution in [2.45, 2.75) is 34.1 Å². The van der Waals surface area contributed by atoms with Gasteiger partial charge >= 0.3 is 0 Å². The zero-order chi connectivity index (χ0) is 23.2. The monoisotopic (exact) mass is 431 g/mol. The van der Waals surface area contributed by atoms with Gasteiger partial charge in [-0.15, -0.1) is 0 Å². The minimum atomic E-state index is 0.659. The van der Waals surface area contributed by atoms with Crippen LogP contribution in [0.15, 0.2) is 96.0 Å². The summed E-state index contributed by atoms with van der Waals surface area (Å²) >= 11 is 0. The Morgan fingerprint density at radius 3 is 2.42 bits per heavy atom. The van der Waals surface area contributed by atoms with E-state index in [1.54, 1.807) is 0 Å². The second-order valence-electron chi connectivity index (χ2n) is 8.20. The Labute approximate surface area is 196 Å². The molecule has 0 radical (unpaired) electrons. The van der Waals surface area contributed by atoms with Gasteiger partial charge in [0.15, 0.2) is 0 Å². The van der Waals surface area contributed by atoms with Gasteiger partial charge in [-0.3, -0.25) is 4.99 Å². The lowest BCUT2D eigenvalue weighted by Gasteiger charge is -2.13. The molecule has 0 aliphatic heterocycles. The molecule has 0 spiro atoms. The standard InChI is InChI=1S/C30H29N3/c1-5-6-8-13-22(3)31-29-21(2)18-19-25(23(29)4)20-28-32-27-17-12-11-16-26(27)30(33-28)24-14-9-7-10-15-24/h5-19H,20H2,1-4H3/b6-5-,13-8-,31-22?. The summed E-state index contributed by atoms with van der Waals surface area (Å²) in [6.07, 6.45) is 8.73. The molecule has 3 nitrogen and oxygen atoms in total. The van der Waals surface area contributed by atoms with Gasteiger partial charge in [-0.1, -0.05) is 78.9 Å². The largest absolute Gasteiger partial charge is 0.253 e. The number of fused-ring (bicyclic) bond motifs is 1. The quantitative estimate of drug-likeness (QED) is 0.231. The van der Waals surface area contributed by atoms with Gasteiger partial charge in [-0.25, -0.2) is 9.97 Å². The molecule has 0 saturated carbocycles. The van der Waals surface area contributed by atoms with E-state index in [9.17, 15) is 0 Å². The highest BCUT2D eigenvalue weighted by molar-refractivity contribution is 5.95. The first-order valence-corrected chi connectivity index (χ1v) is 11.3. The van der Waals surface area contributed by atoms with Gasteiger partial charge in [-0.2, -0.15) is 0 Å². The Hall–Kier alpha value is -3.85. The number of allylic oxidation sites excluding steroid dienone is 4. The van der Waals surface area contributed by atoms with E-state index in [0.29, 0.717) is 6.42 Å². The van der Waals surface area contributed by atoms with E-state index in [2.05, 4.69) is 50.2 Å². The molecule has 0 fully saturated rings. The molecule has 0 atom stereocenters. The van der Waals surface area contributed by atoms with Crippen molar-refractivity contribution in [2.75, 3.05) is 0 Å². The third-order valence-electron chi connectivity index (χ3n) is 5.72. The van der Waals surface area contributed by atoms with Crippen LogP contribution in [0.4, 0.5) is 5.69 Å². The van der Waals surface area contributed by atoms with Crippen LogP contribution in [0.25, 0.3) is 22.2 Å². The third kappa shape index (κ3) is 5.15. The van der Waals surface area contributed by atoms with Crippen LogP contribution in [-0.2, 0) is 6.42 Å². The van der Waals surface area contributed by atoms with E-state index in [1.807, 2.05) is 68.5 Å². The van der Waals surface area contributed by atoms with Crippen molar-refractivity contribution in [2.24, 2.45) is 4.99 Å². The number of aliphatic imine (C=N–C) groups is 1. The highest BCUT2D eigenvalue weighted by Gasteiger charge is 2.13. The summed E-state index contributed by atoms with van der Waals surface area (Å²) in [6, 6.07) is 22.9. The van der Waals surface area contributed by atoms with Crippen molar-refractivity contribution in [3.63, 3.8) is 0 Å². The van der Waals surface area contributed by atoms with Gasteiger partial charge < -0.3 is 0 Å². The van der Waals surface area contributed by atoms with Gasteiger partial charge in [0.2, 0.25) is 0 Å². The van der Waals surface area contributed by atoms with Crippen molar-refractivity contribution in [3.8, 4) is 11.3 Å². The molecular formula is C30H29N3. The van der Waals surface area contributed by atoms with Crippen LogP contribution in [-0.4, -0.2) is 15.7 Å². The van der Waals surface area contributed by atoms with E-state index in [1.165, 1.54) is 16.7 Å². The van der Waals surface area contributed by atoms with Gasteiger partial charge in [0.05, 0.1) is 16.9 Å². The summed E-state index contributed by atoms with van der Waals surface area (Å²) in [5, 5.41) is 1.07. The van der Waals surface area contributed by atoms with Gasteiger partial charge in [0.25, 0.3) is 0 Å². The molecule has 0 N–H and O–H groups in total. The topological polar surface area (TPSA) is 38.1 Å². The Bertz CT molecular complexity index is 1360. The maximum atomic E-state index is 5.00. The Morgan fingerprint density at radius 1 is 0.879 bits per heavy atom. The summed E-state index contributed by atoms with van der Waals surface area (Å²) in [5.41, 5.74) is 8.58. The smallest absolute Gasteiger partial charge is 0.134 e.